The number of benzene rings is 1. The minimum absolute atomic E-state index is 0.0311. The number of ether oxygens (including phenoxy) is 2. The van der Waals surface area contributed by atoms with Crippen LogP contribution in [0, 0.1) is 12.8 Å². The molecule has 0 aliphatic heterocycles. The van der Waals surface area contributed by atoms with Crippen molar-refractivity contribution in [3.05, 3.63) is 47.3 Å². The Morgan fingerprint density at radius 2 is 1.93 bits per heavy atom. The van der Waals surface area contributed by atoms with Crippen LogP contribution in [0.5, 0.6) is 11.5 Å². The number of aliphatic hydroxyl groups excluding tert-OH is 1. The lowest BCUT2D eigenvalue weighted by atomic mass is 9.86. The highest BCUT2D eigenvalue weighted by Crippen LogP contribution is 2.29. The van der Waals surface area contributed by atoms with Gasteiger partial charge >= 0.3 is 0 Å². The lowest BCUT2D eigenvalue weighted by molar-refractivity contribution is 0.0441. The van der Waals surface area contributed by atoms with Crippen LogP contribution in [0.25, 0.3) is 0 Å². The first kappa shape index (κ1) is 19.0. The van der Waals surface area contributed by atoms with E-state index in [1.165, 1.54) is 0 Å². The number of fused-ring (bicyclic) bond motifs is 1. The molecule has 0 amide bonds. The van der Waals surface area contributed by atoms with Crippen molar-refractivity contribution < 1.29 is 19.4 Å². The summed E-state index contributed by atoms with van der Waals surface area (Å²) in [5, 5.41) is 14.1. The normalized spacial score (nSPS) is 26.9. The molecule has 1 heterocycles. The molecule has 0 spiro atoms. The second-order valence-electron chi connectivity index (χ2n) is 7.86. The van der Waals surface area contributed by atoms with Crippen LogP contribution in [0.15, 0.2) is 30.3 Å². The lowest BCUT2D eigenvalue weighted by Gasteiger charge is -2.25. The molecule has 1 saturated carbocycles. The average molecular weight is 384 g/mol. The number of aromatic nitrogens is 1. The Morgan fingerprint density at radius 3 is 2.68 bits per heavy atom. The molecule has 150 valence electrons. The third kappa shape index (κ3) is 3.80. The van der Waals surface area contributed by atoms with Gasteiger partial charge in [-0.05, 0) is 62.9 Å². The summed E-state index contributed by atoms with van der Waals surface area (Å²) in [7, 11) is 1.63. The van der Waals surface area contributed by atoms with E-state index in [9.17, 15) is 9.90 Å². The van der Waals surface area contributed by atoms with Crippen molar-refractivity contribution in [2.24, 2.45) is 5.92 Å². The van der Waals surface area contributed by atoms with E-state index < -0.39 is 6.10 Å². The molecule has 3 N–H and O–H groups in total. The quantitative estimate of drug-likeness (QED) is 0.713. The number of hydrogen-bond donors (Lipinski definition) is 3. The fraction of sp³-hybridized carbons (Fsp3) is 0.500. The molecular weight excluding hydrogens is 356 g/mol. The van der Waals surface area contributed by atoms with Crippen molar-refractivity contribution in [2.45, 2.75) is 50.9 Å². The molecule has 4 atom stereocenters. The molecule has 2 aliphatic carbocycles. The molecule has 6 nitrogen and oxygen atoms in total. The van der Waals surface area contributed by atoms with Gasteiger partial charge in [-0.3, -0.25) is 4.79 Å². The summed E-state index contributed by atoms with van der Waals surface area (Å²) in [5.41, 5.74) is 2.94. The number of aliphatic hydroxyl groups is 1. The van der Waals surface area contributed by atoms with E-state index in [4.69, 9.17) is 9.47 Å². The van der Waals surface area contributed by atoms with Crippen molar-refractivity contribution in [1.29, 1.82) is 0 Å². The first-order valence-electron chi connectivity index (χ1n) is 10.00. The van der Waals surface area contributed by atoms with Crippen molar-refractivity contribution in [2.75, 3.05) is 13.7 Å². The Kier molecular flexibility index (Phi) is 5.42. The fourth-order valence-corrected chi connectivity index (χ4v) is 4.35. The number of Topliss-reactive ketones (excluding diaryl/α,β-unsaturated/α-hetero) is 1. The standard InChI is InChI=1S/C22H28N2O4/c1-13-11-17-18(24-13)8-3-14(21(17)25)12-23-19-9-10-20(22(19)26)28-16-6-4-15(27-2)5-7-16/h4-7,11,14,19-20,22-24,26H,3,8-10,12H2,1-2H3. The highest BCUT2D eigenvalue weighted by molar-refractivity contribution is 6.00. The fourth-order valence-electron chi connectivity index (χ4n) is 4.35. The van der Waals surface area contributed by atoms with Crippen molar-refractivity contribution in [1.82, 2.24) is 10.3 Å². The van der Waals surface area contributed by atoms with Gasteiger partial charge < -0.3 is 24.9 Å². The van der Waals surface area contributed by atoms with E-state index in [0.717, 1.165) is 54.1 Å². The van der Waals surface area contributed by atoms with Gasteiger partial charge in [0.25, 0.3) is 0 Å². The summed E-state index contributed by atoms with van der Waals surface area (Å²) in [6.07, 6.45) is 2.52. The van der Waals surface area contributed by atoms with Crippen LogP contribution in [0.2, 0.25) is 0 Å². The molecule has 2 aromatic rings. The van der Waals surface area contributed by atoms with Gasteiger partial charge in [0.1, 0.15) is 23.7 Å². The second-order valence-corrected chi connectivity index (χ2v) is 7.86. The van der Waals surface area contributed by atoms with E-state index in [1.807, 2.05) is 37.3 Å². The van der Waals surface area contributed by atoms with E-state index >= 15 is 0 Å². The predicted molar refractivity (Wildman–Crippen MR) is 106 cm³/mol. The van der Waals surface area contributed by atoms with Gasteiger partial charge in [0.05, 0.1) is 7.11 Å². The smallest absolute Gasteiger partial charge is 0.169 e. The minimum Gasteiger partial charge on any atom is -0.497 e. The maximum atomic E-state index is 12.7. The van der Waals surface area contributed by atoms with Crippen LogP contribution in [0.3, 0.4) is 0 Å². The van der Waals surface area contributed by atoms with Gasteiger partial charge in [-0.2, -0.15) is 0 Å². The Hall–Kier alpha value is -2.31. The van der Waals surface area contributed by atoms with E-state index in [-0.39, 0.29) is 23.8 Å². The van der Waals surface area contributed by atoms with Gasteiger partial charge in [0, 0.05) is 35.5 Å². The van der Waals surface area contributed by atoms with Gasteiger partial charge in [-0.25, -0.2) is 0 Å². The zero-order valence-corrected chi connectivity index (χ0v) is 16.4. The molecule has 6 heteroatoms. The third-order valence-electron chi connectivity index (χ3n) is 5.94. The Balaban J connectivity index is 1.30. The zero-order valence-electron chi connectivity index (χ0n) is 16.4. The monoisotopic (exact) mass is 384 g/mol. The van der Waals surface area contributed by atoms with E-state index in [0.29, 0.717) is 6.54 Å². The van der Waals surface area contributed by atoms with Gasteiger partial charge in [-0.1, -0.05) is 0 Å². The highest BCUT2D eigenvalue weighted by atomic mass is 16.5. The van der Waals surface area contributed by atoms with Crippen LogP contribution in [-0.2, 0) is 6.42 Å². The number of carbonyl (C=O) groups is 1. The number of nitrogens with one attached hydrogen (secondary N) is 2. The summed E-state index contributed by atoms with van der Waals surface area (Å²) in [6.45, 7) is 2.58. The molecule has 1 aromatic carbocycles. The summed E-state index contributed by atoms with van der Waals surface area (Å²) in [6, 6.07) is 9.29. The number of methoxy groups -OCH3 is 1. The SMILES string of the molecule is COc1ccc(OC2CCC(NCC3CCc4[nH]c(C)cc4C3=O)C2O)cc1. The van der Waals surface area contributed by atoms with Crippen LogP contribution >= 0.6 is 0 Å². The molecule has 0 saturated heterocycles. The topological polar surface area (TPSA) is 83.6 Å². The first-order valence-corrected chi connectivity index (χ1v) is 10.00. The highest BCUT2D eigenvalue weighted by Gasteiger charge is 2.37. The molecule has 4 unspecified atom stereocenters. The summed E-state index contributed by atoms with van der Waals surface area (Å²) >= 11 is 0. The largest absolute Gasteiger partial charge is 0.497 e. The van der Waals surface area contributed by atoms with E-state index in [1.54, 1.807) is 7.11 Å². The number of carbonyl (C=O) groups excluding carboxylic acids is 1. The van der Waals surface area contributed by atoms with Crippen molar-refractivity contribution >= 4 is 5.78 Å². The molecule has 0 radical (unpaired) electrons. The van der Waals surface area contributed by atoms with Gasteiger partial charge in [0.15, 0.2) is 5.78 Å². The summed E-state index contributed by atoms with van der Waals surface area (Å²) < 4.78 is 11.1. The maximum Gasteiger partial charge on any atom is 0.169 e. The number of aromatic amines is 1. The number of ketones is 1. The molecule has 1 fully saturated rings. The van der Waals surface area contributed by atoms with Crippen LogP contribution in [0.4, 0.5) is 0 Å². The molecule has 28 heavy (non-hydrogen) atoms. The second kappa shape index (κ2) is 7.97. The zero-order chi connectivity index (χ0) is 19.7. The number of aryl methyl sites for hydroxylation is 2. The number of H-pyrrole nitrogens is 1. The van der Waals surface area contributed by atoms with Crippen molar-refractivity contribution in [3.63, 3.8) is 0 Å². The molecular formula is C22H28N2O4. The summed E-state index contributed by atoms with van der Waals surface area (Å²) in [4.78, 5) is 16.0. The van der Waals surface area contributed by atoms with Crippen LogP contribution in [-0.4, -0.2) is 47.8 Å². The molecule has 4 rings (SSSR count). The van der Waals surface area contributed by atoms with Crippen LogP contribution < -0.4 is 14.8 Å². The predicted octanol–water partition coefficient (Wildman–Crippen LogP) is 2.64. The van der Waals surface area contributed by atoms with Gasteiger partial charge in [-0.15, -0.1) is 0 Å². The van der Waals surface area contributed by atoms with E-state index in [2.05, 4.69) is 10.3 Å². The van der Waals surface area contributed by atoms with Gasteiger partial charge in [0.2, 0.25) is 0 Å². The molecule has 2 aliphatic rings. The van der Waals surface area contributed by atoms with Crippen LogP contribution in [0.1, 0.15) is 41.0 Å². The summed E-state index contributed by atoms with van der Waals surface area (Å²) in [5.74, 6) is 1.67. The number of rotatable bonds is 6. The minimum atomic E-state index is -0.592. The number of hydrogen-bond acceptors (Lipinski definition) is 5. The molecule has 0 bridgehead atoms. The maximum absolute atomic E-state index is 12.7. The Labute approximate surface area is 165 Å². The Bertz CT molecular complexity index is 830. The average Bonchev–Trinajstić information content (AvgIpc) is 3.25. The first-order chi connectivity index (χ1) is 13.5. The third-order valence-corrected chi connectivity index (χ3v) is 5.94. The Morgan fingerprint density at radius 1 is 1.18 bits per heavy atom. The molecule has 1 aromatic heterocycles. The van der Waals surface area contributed by atoms with Crippen molar-refractivity contribution in [3.8, 4) is 11.5 Å². The lowest BCUT2D eigenvalue weighted by Crippen LogP contribution is -2.44.